The molecule has 0 aromatic heterocycles. The predicted octanol–water partition coefficient (Wildman–Crippen LogP) is 3.02. The van der Waals surface area contributed by atoms with Gasteiger partial charge in [-0.05, 0) is 42.2 Å². The van der Waals surface area contributed by atoms with Crippen LogP contribution in [0, 0.1) is 5.92 Å². The van der Waals surface area contributed by atoms with E-state index in [1.165, 1.54) is 12.1 Å². The number of methoxy groups -OCH3 is 1. The van der Waals surface area contributed by atoms with Crippen LogP contribution < -0.4 is 15.0 Å². The molecule has 1 heterocycles. The summed E-state index contributed by atoms with van der Waals surface area (Å²) in [5.74, 6) is 1.91. The van der Waals surface area contributed by atoms with E-state index in [1.807, 2.05) is 30.3 Å². The van der Waals surface area contributed by atoms with Gasteiger partial charge in [0.25, 0.3) is 0 Å². The second kappa shape index (κ2) is 7.38. The molecule has 0 aliphatic carbocycles. The molecule has 4 nitrogen and oxygen atoms in total. The zero-order valence-electron chi connectivity index (χ0n) is 13.5. The number of anilines is 1. The second-order valence-electron chi connectivity index (χ2n) is 6.07. The van der Waals surface area contributed by atoms with E-state index in [0.29, 0.717) is 11.7 Å². The number of hydrogen-bond acceptors (Lipinski definition) is 4. The fraction of sp³-hybridized carbons (Fsp3) is 0.368. The minimum atomic E-state index is 0.326. The lowest BCUT2D eigenvalue weighted by Gasteiger charge is -2.21. The summed E-state index contributed by atoms with van der Waals surface area (Å²) in [5, 5.41) is 13.0. The number of benzene rings is 2. The number of phenolic OH excluding ortho intramolecular Hbond substituents is 1. The fourth-order valence-corrected chi connectivity index (χ4v) is 3.20. The Balaban J connectivity index is 1.50. The van der Waals surface area contributed by atoms with Crippen molar-refractivity contribution in [1.82, 2.24) is 5.32 Å². The van der Waals surface area contributed by atoms with E-state index in [1.54, 1.807) is 13.2 Å². The van der Waals surface area contributed by atoms with Gasteiger partial charge >= 0.3 is 0 Å². The summed E-state index contributed by atoms with van der Waals surface area (Å²) < 4.78 is 5.46. The van der Waals surface area contributed by atoms with Crippen molar-refractivity contribution in [2.75, 3.05) is 31.6 Å². The second-order valence-corrected chi connectivity index (χ2v) is 6.07. The number of ether oxygens (including phenoxy) is 1. The average molecular weight is 312 g/mol. The first kappa shape index (κ1) is 15.7. The highest BCUT2D eigenvalue weighted by Crippen LogP contribution is 2.31. The van der Waals surface area contributed by atoms with Gasteiger partial charge in [0.15, 0.2) is 0 Å². The van der Waals surface area contributed by atoms with Gasteiger partial charge in [-0.15, -0.1) is 0 Å². The molecule has 4 heteroatoms. The summed E-state index contributed by atoms with van der Waals surface area (Å²) in [6.07, 6.45) is 1.19. The van der Waals surface area contributed by atoms with Gasteiger partial charge in [-0.1, -0.05) is 24.3 Å². The molecule has 1 fully saturated rings. The van der Waals surface area contributed by atoms with Crippen LogP contribution in [0.25, 0.3) is 0 Å². The van der Waals surface area contributed by atoms with Gasteiger partial charge in [0, 0.05) is 26.2 Å². The average Bonchev–Trinajstić information content (AvgIpc) is 3.03. The number of phenols is 1. The van der Waals surface area contributed by atoms with Crippen molar-refractivity contribution in [2.24, 2.45) is 5.92 Å². The first-order chi connectivity index (χ1) is 11.3. The molecule has 1 unspecified atom stereocenters. The number of hydrogen-bond donors (Lipinski definition) is 2. The van der Waals surface area contributed by atoms with Gasteiger partial charge < -0.3 is 20.1 Å². The van der Waals surface area contributed by atoms with Gasteiger partial charge in [-0.3, -0.25) is 0 Å². The Morgan fingerprint density at radius 3 is 2.91 bits per heavy atom. The van der Waals surface area contributed by atoms with E-state index in [4.69, 9.17) is 4.74 Å². The Morgan fingerprint density at radius 2 is 2.09 bits per heavy atom. The summed E-state index contributed by atoms with van der Waals surface area (Å²) in [7, 11) is 1.73. The molecule has 1 atom stereocenters. The summed E-state index contributed by atoms with van der Waals surface area (Å²) >= 11 is 0. The lowest BCUT2D eigenvalue weighted by molar-refractivity contribution is 0.414. The minimum Gasteiger partial charge on any atom is -0.508 e. The van der Waals surface area contributed by atoms with Crippen LogP contribution in [0.5, 0.6) is 11.5 Å². The van der Waals surface area contributed by atoms with E-state index in [0.717, 1.165) is 37.5 Å². The third-order valence-corrected chi connectivity index (χ3v) is 4.38. The Morgan fingerprint density at radius 1 is 1.22 bits per heavy atom. The van der Waals surface area contributed by atoms with Gasteiger partial charge in [0.05, 0.1) is 12.8 Å². The molecular formula is C19H24N2O2. The number of nitrogens with one attached hydrogen (secondary N) is 1. The van der Waals surface area contributed by atoms with Crippen LogP contribution >= 0.6 is 0 Å². The highest BCUT2D eigenvalue weighted by Gasteiger charge is 2.24. The van der Waals surface area contributed by atoms with Gasteiger partial charge in [-0.2, -0.15) is 0 Å². The standard InChI is InChI=1S/C19H24N2O2/c1-23-19-8-3-2-7-18(19)21-10-9-16(14-21)13-20-12-15-5-4-6-17(22)11-15/h2-8,11,16,20,22H,9-10,12-14H2,1H3. The normalized spacial score (nSPS) is 17.4. The molecule has 2 aromatic rings. The zero-order valence-corrected chi connectivity index (χ0v) is 13.5. The van der Waals surface area contributed by atoms with Crippen LogP contribution in [0.4, 0.5) is 5.69 Å². The van der Waals surface area contributed by atoms with E-state index >= 15 is 0 Å². The lowest BCUT2D eigenvalue weighted by atomic mass is 10.1. The summed E-state index contributed by atoms with van der Waals surface area (Å²) in [6, 6.07) is 15.6. The Labute approximate surface area is 137 Å². The first-order valence-electron chi connectivity index (χ1n) is 8.13. The van der Waals surface area contributed by atoms with Crippen molar-refractivity contribution in [3.05, 3.63) is 54.1 Å². The van der Waals surface area contributed by atoms with Gasteiger partial charge in [-0.25, -0.2) is 0 Å². The topological polar surface area (TPSA) is 44.7 Å². The maximum absolute atomic E-state index is 9.49. The number of rotatable bonds is 6. The van der Waals surface area contributed by atoms with Crippen molar-refractivity contribution in [1.29, 1.82) is 0 Å². The molecular weight excluding hydrogens is 288 g/mol. The molecule has 122 valence electrons. The molecule has 0 saturated carbocycles. The van der Waals surface area contributed by atoms with Crippen LogP contribution in [-0.4, -0.2) is 31.9 Å². The SMILES string of the molecule is COc1ccccc1N1CCC(CNCc2cccc(O)c2)C1. The number of nitrogens with zero attached hydrogens (tertiary/aromatic N) is 1. The maximum atomic E-state index is 9.49. The van der Waals surface area contributed by atoms with Crippen molar-refractivity contribution < 1.29 is 9.84 Å². The molecule has 0 amide bonds. The summed E-state index contributed by atoms with van der Waals surface area (Å²) in [4.78, 5) is 2.40. The Bertz CT molecular complexity index is 645. The largest absolute Gasteiger partial charge is 0.508 e. The van der Waals surface area contributed by atoms with Crippen LogP contribution in [0.3, 0.4) is 0 Å². The molecule has 0 bridgehead atoms. The third kappa shape index (κ3) is 3.96. The fourth-order valence-electron chi connectivity index (χ4n) is 3.20. The highest BCUT2D eigenvalue weighted by atomic mass is 16.5. The van der Waals surface area contributed by atoms with Gasteiger partial charge in [0.2, 0.25) is 0 Å². The maximum Gasteiger partial charge on any atom is 0.142 e. The van der Waals surface area contributed by atoms with Crippen LogP contribution in [0.1, 0.15) is 12.0 Å². The zero-order chi connectivity index (χ0) is 16.1. The highest BCUT2D eigenvalue weighted by molar-refractivity contribution is 5.59. The van der Waals surface area contributed by atoms with Crippen LogP contribution in [0.2, 0.25) is 0 Å². The molecule has 0 spiro atoms. The van der Waals surface area contributed by atoms with E-state index in [9.17, 15) is 5.11 Å². The molecule has 1 saturated heterocycles. The minimum absolute atomic E-state index is 0.326. The predicted molar refractivity (Wildman–Crippen MR) is 93.1 cm³/mol. The quantitative estimate of drug-likeness (QED) is 0.860. The number of para-hydroxylation sites is 2. The molecule has 1 aliphatic rings. The van der Waals surface area contributed by atoms with Crippen LogP contribution in [-0.2, 0) is 6.54 Å². The van der Waals surface area contributed by atoms with E-state index in [-0.39, 0.29) is 0 Å². The van der Waals surface area contributed by atoms with Crippen LogP contribution in [0.15, 0.2) is 48.5 Å². The number of aromatic hydroxyl groups is 1. The Hall–Kier alpha value is -2.20. The van der Waals surface area contributed by atoms with E-state index < -0.39 is 0 Å². The third-order valence-electron chi connectivity index (χ3n) is 4.38. The monoisotopic (exact) mass is 312 g/mol. The summed E-state index contributed by atoms with van der Waals surface area (Å²) in [5.41, 5.74) is 2.30. The van der Waals surface area contributed by atoms with Gasteiger partial charge in [0.1, 0.15) is 11.5 Å². The smallest absolute Gasteiger partial charge is 0.142 e. The summed E-state index contributed by atoms with van der Waals surface area (Å²) in [6.45, 7) is 3.90. The van der Waals surface area contributed by atoms with Crippen molar-refractivity contribution in [2.45, 2.75) is 13.0 Å². The van der Waals surface area contributed by atoms with Crippen molar-refractivity contribution in [3.63, 3.8) is 0 Å². The van der Waals surface area contributed by atoms with E-state index in [2.05, 4.69) is 22.3 Å². The molecule has 2 N–H and O–H groups in total. The van der Waals surface area contributed by atoms with Crippen molar-refractivity contribution >= 4 is 5.69 Å². The molecule has 1 aliphatic heterocycles. The molecule has 2 aromatic carbocycles. The molecule has 0 radical (unpaired) electrons. The Kier molecular flexibility index (Phi) is 5.03. The lowest BCUT2D eigenvalue weighted by Crippen LogP contribution is -2.26. The van der Waals surface area contributed by atoms with Crippen molar-refractivity contribution in [3.8, 4) is 11.5 Å². The first-order valence-corrected chi connectivity index (χ1v) is 8.13. The molecule has 3 rings (SSSR count). The molecule has 23 heavy (non-hydrogen) atoms.